The van der Waals surface area contributed by atoms with Crippen molar-refractivity contribution >= 4 is 26.6 Å². The molecule has 3 aromatic rings. The molecule has 142 valence electrons. The van der Waals surface area contributed by atoms with E-state index in [1.165, 1.54) is 0 Å². The molecule has 0 radical (unpaired) electrons. The van der Waals surface area contributed by atoms with Crippen LogP contribution in [0.1, 0.15) is 13.3 Å². The summed E-state index contributed by atoms with van der Waals surface area (Å²) >= 11 is 0. The van der Waals surface area contributed by atoms with E-state index in [-0.39, 0.29) is 0 Å². The van der Waals surface area contributed by atoms with Crippen molar-refractivity contribution < 1.29 is 8.42 Å². The molecule has 1 fully saturated rings. The van der Waals surface area contributed by atoms with E-state index in [0.29, 0.717) is 15.2 Å². The van der Waals surface area contributed by atoms with Crippen LogP contribution in [0, 0.1) is 0 Å². The van der Waals surface area contributed by atoms with Crippen molar-refractivity contribution in [1.29, 1.82) is 0 Å². The molecule has 27 heavy (non-hydrogen) atoms. The zero-order valence-corrected chi connectivity index (χ0v) is 16.2. The first-order valence-electron chi connectivity index (χ1n) is 9.35. The molecule has 0 unspecified atom stereocenters. The van der Waals surface area contributed by atoms with Crippen molar-refractivity contribution in [1.82, 2.24) is 14.9 Å². The average molecular weight is 385 g/mol. The highest BCUT2D eigenvalue weighted by atomic mass is 32.2. The Morgan fingerprint density at radius 1 is 1.07 bits per heavy atom. The van der Waals surface area contributed by atoms with Crippen molar-refractivity contribution in [3.63, 3.8) is 0 Å². The maximum absolute atomic E-state index is 13.2. The van der Waals surface area contributed by atoms with Crippen LogP contribution in [-0.2, 0) is 9.84 Å². The number of fused-ring (bicyclic) bond motifs is 1. The van der Waals surface area contributed by atoms with Gasteiger partial charge in [-0.3, -0.25) is 4.90 Å². The monoisotopic (exact) mass is 384 g/mol. The van der Waals surface area contributed by atoms with E-state index >= 15 is 0 Å². The summed E-state index contributed by atoms with van der Waals surface area (Å²) in [6.45, 7) is 6.93. The molecule has 2 aromatic heterocycles. The Kier molecular flexibility index (Phi) is 4.88. The normalized spacial score (nSPS) is 16.1. The number of sulfone groups is 1. The van der Waals surface area contributed by atoms with Gasteiger partial charge in [0.2, 0.25) is 9.84 Å². The Bertz CT molecular complexity index is 1020. The second kappa shape index (κ2) is 7.32. The number of aromatic nitrogens is 2. The van der Waals surface area contributed by atoms with Gasteiger partial charge in [-0.2, -0.15) is 0 Å². The zero-order chi connectivity index (χ0) is 18.9. The number of rotatable bonds is 5. The molecule has 4 rings (SSSR count). The standard InChI is InChI=1S/C20H24N4O2S/c1-2-10-23-11-13-24(14-12-23)20-19-17(8-9-21-20)22-15-18(19)27(25,26)16-6-4-3-5-7-16/h3-9,15,22H,2,10-14H2,1H3. The van der Waals surface area contributed by atoms with Gasteiger partial charge in [0.1, 0.15) is 10.7 Å². The van der Waals surface area contributed by atoms with Crippen LogP contribution in [-0.4, -0.2) is 56.0 Å². The predicted molar refractivity (Wildman–Crippen MR) is 107 cm³/mol. The number of anilines is 1. The number of piperazine rings is 1. The van der Waals surface area contributed by atoms with Crippen molar-refractivity contribution in [2.24, 2.45) is 0 Å². The molecular formula is C20H24N4O2S. The van der Waals surface area contributed by atoms with Gasteiger partial charge in [0.25, 0.3) is 0 Å². The van der Waals surface area contributed by atoms with Crippen molar-refractivity contribution in [2.45, 2.75) is 23.1 Å². The molecule has 1 N–H and O–H groups in total. The Morgan fingerprint density at radius 3 is 2.52 bits per heavy atom. The molecule has 0 bridgehead atoms. The highest BCUT2D eigenvalue weighted by Gasteiger charge is 2.26. The number of aromatic amines is 1. The molecular weight excluding hydrogens is 360 g/mol. The maximum atomic E-state index is 13.2. The molecule has 6 nitrogen and oxygen atoms in total. The lowest BCUT2D eigenvalue weighted by Gasteiger charge is -2.35. The van der Waals surface area contributed by atoms with Gasteiger partial charge in [0.05, 0.1) is 15.8 Å². The summed E-state index contributed by atoms with van der Waals surface area (Å²) in [5.41, 5.74) is 0.797. The summed E-state index contributed by atoms with van der Waals surface area (Å²) in [4.78, 5) is 12.9. The Balaban J connectivity index is 1.75. The minimum Gasteiger partial charge on any atom is -0.360 e. The van der Waals surface area contributed by atoms with Gasteiger partial charge >= 0.3 is 0 Å². The number of nitrogens with one attached hydrogen (secondary N) is 1. The summed E-state index contributed by atoms with van der Waals surface area (Å²) in [7, 11) is -3.61. The lowest BCUT2D eigenvalue weighted by Crippen LogP contribution is -2.46. The number of pyridine rings is 1. The van der Waals surface area contributed by atoms with Gasteiger partial charge in [-0.25, -0.2) is 13.4 Å². The number of nitrogens with zero attached hydrogens (tertiary/aromatic N) is 3. The summed E-state index contributed by atoms with van der Waals surface area (Å²) in [5.74, 6) is 0.749. The van der Waals surface area contributed by atoms with Gasteiger partial charge in [-0.15, -0.1) is 0 Å². The quantitative estimate of drug-likeness (QED) is 0.732. The summed E-state index contributed by atoms with van der Waals surface area (Å²) in [6.07, 6.45) is 4.47. The fourth-order valence-corrected chi connectivity index (χ4v) is 5.16. The van der Waals surface area contributed by atoms with E-state index in [0.717, 1.165) is 50.5 Å². The van der Waals surface area contributed by atoms with Crippen LogP contribution in [0.5, 0.6) is 0 Å². The van der Waals surface area contributed by atoms with Gasteiger partial charge in [-0.05, 0) is 31.2 Å². The van der Waals surface area contributed by atoms with Gasteiger partial charge < -0.3 is 9.88 Å². The third kappa shape index (κ3) is 3.33. The Labute approximate surface area is 159 Å². The van der Waals surface area contributed by atoms with E-state index < -0.39 is 9.84 Å². The van der Waals surface area contributed by atoms with Crippen LogP contribution in [0.2, 0.25) is 0 Å². The van der Waals surface area contributed by atoms with Crippen LogP contribution in [0.25, 0.3) is 10.9 Å². The molecule has 0 saturated carbocycles. The van der Waals surface area contributed by atoms with Gasteiger partial charge in [0, 0.05) is 38.6 Å². The molecule has 0 amide bonds. The molecule has 1 aliphatic heterocycles. The third-order valence-electron chi connectivity index (χ3n) is 5.09. The SMILES string of the molecule is CCCN1CCN(c2nccc3[nH]cc(S(=O)(=O)c4ccccc4)c23)CC1. The highest BCUT2D eigenvalue weighted by Crippen LogP contribution is 2.34. The number of hydrogen-bond donors (Lipinski definition) is 1. The van der Waals surface area contributed by atoms with E-state index in [1.807, 2.05) is 12.1 Å². The molecule has 0 aliphatic carbocycles. The number of hydrogen-bond acceptors (Lipinski definition) is 5. The second-order valence-corrected chi connectivity index (χ2v) is 8.77. The van der Waals surface area contributed by atoms with Crippen molar-refractivity contribution in [3.05, 3.63) is 48.8 Å². The molecule has 1 aromatic carbocycles. The Hall–Kier alpha value is -2.38. The first-order valence-corrected chi connectivity index (χ1v) is 10.8. The van der Waals surface area contributed by atoms with Crippen molar-refractivity contribution in [2.75, 3.05) is 37.6 Å². The summed E-state index contributed by atoms with van der Waals surface area (Å²) < 4.78 is 26.4. The third-order valence-corrected chi connectivity index (χ3v) is 6.88. The van der Waals surface area contributed by atoms with Gasteiger partial charge in [0.15, 0.2) is 0 Å². The smallest absolute Gasteiger partial charge is 0.208 e. The number of H-pyrrole nitrogens is 1. The van der Waals surface area contributed by atoms with Crippen LogP contribution in [0.3, 0.4) is 0 Å². The lowest BCUT2D eigenvalue weighted by molar-refractivity contribution is 0.258. The van der Waals surface area contributed by atoms with Crippen LogP contribution in [0.15, 0.2) is 58.6 Å². The zero-order valence-electron chi connectivity index (χ0n) is 15.4. The summed E-state index contributed by atoms with van der Waals surface area (Å²) in [6, 6.07) is 10.4. The molecule has 3 heterocycles. The maximum Gasteiger partial charge on any atom is 0.208 e. The second-order valence-electron chi connectivity index (χ2n) is 6.86. The molecule has 0 atom stereocenters. The van der Waals surface area contributed by atoms with Crippen LogP contribution < -0.4 is 4.90 Å². The number of benzene rings is 1. The minimum absolute atomic E-state index is 0.294. The molecule has 7 heteroatoms. The Morgan fingerprint density at radius 2 is 1.81 bits per heavy atom. The topological polar surface area (TPSA) is 69.3 Å². The molecule has 0 spiro atoms. The van der Waals surface area contributed by atoms with E-state index in [1.54, 1.807) is 36.7 Å². The van der Waals surface area contributed by atoms with Crippen LogP contribution >= 0.6 is 0 Å². The van der Waals surface area contributed by atoms with Crippen molar-refractivity contribution in [3.8, 4) is 0 Å². The molecule has 1 saturated heterocycles. The fourth-order valence-electron chi connectivity index (χ4n) is 3.71. The summed E-state index contributed by atoms with van der Waals surface area (Å²) in [5, 5.41) is 0.685. The van der Waals surface area contributed by atoms with E-state index in [2.05, 4.69) is 26.7 Å². The largest absolute Gasteiger partial charge is 0.360 e. The minimum atomic E-state index is -3.61. The predicted octanol–water partition coefficient (Wildman–Crippen LogP) is 2.93. The molecule has 1 aliphatic rings. The van der Waals surface area contributed by atoms with E-state index in [9.17, 15) is 8.42 Å². The fraction of sp³-hybridized carbons (Fsp3) is 0.350. The highest BCUT2D eigenvalue weighted by molar-refractivity contribution is 7.91. The van der Waals surface area contributed by atoms with Gasteiger partial charge in [-0.1, -0.05) is 25.1 Å². The van der Waals surface area contributed by atoms with E-state index in [4.69, 9.17) is 0 Å². The lowest BCUT2D eigenvalue weighted by atomic mass is 10.2. The first kappa shape index (κ1) is 18.0. The first-order chi connectivity index (χ1) is 13.1. The average Bonchev–Trinajstić information content (AvgIpc) is 3.15. The van der Waals surface area contributed by atoms with Crippen LogP contribution in [0.4, 0.5) is 5.82 Å².